The number of nitrogens with zero attached hydrogens (tertiary/aromatic N) is 1. The molecule has 0 fully saturated rings. The monoisotopic (exact) mass is 310 g/mol. The zero-order chi connectivity index (χ0) is 12.3. The molecule has 3 nitrogen and oxygen atoms in total. The van der Waals surface area contributed by atoms with Gasteiger partial charge in [0.2, 0.25) is 5.76 Å². The van der Waals surface area contributed by atoms with Crippen LogP contribution in [0.4, 0.5) is 5.69 Å². The lowest BCUT2D eigenvalue weighted by atomic mass is 10.3. The van der Waals surface area contributed by atoms with Crippen LogP contribution < -0.4 is 5.32 Å². The van der Waals surface area contributed by atoms with Crippen molar-refractivity contribution in [3.05, 3.63) is 51.3 Å². The van der Waals surface area contributed by atoms with Crippen LogP contribution in [0.5, 0.6) is 0 Å². The lowest BCUT2D eigenvalue weighted by Gasteiger charge is -2.05. The lowest BCUT2D eigenvalue weighted by molar-refractivity contribution is 0.506. The molecule has 0 aliphatic heterocycles. The molecule has 2 rings (SSSR count). The smallest absolute Gasteiger partial charge is 0.203 e. The van der Waals surface area contributed by atoms with Gasteiger partial charge in [-0.25, -0.2) is 0 Å². The van der Waals surface area contributed by atoms with Crippen LogP contribution in [-0.4, -0.2) is 0 Å². The molecule has 0 saturated heterocycles. The lowest BCUT2D eigenvalue weighted by Crippen LogP contribution is -1.97. The highest BCUT2D eigenvalue weighted by atomic mass is 79.9. The zero-order valence-corrected chi connectivity index (χ0v) is 11.0. The fourth-order valence-electron chi connectivity index (χ4n) is 1.33. The minimum Gasteiger partial charge on any atom is -0.449 e. The molecular formula is C12H8BrClN2O. The fourth-order valence-corrected chi connectivity index (χ4v) is 1.76. The molecule has 0 bridgehead atoms. The van der Waals surface area contributed by atoms with E-state index in [0.29, 0.717) is 23.1 Å². The molecule has 5 heteroatoms. The summed E-state index contributed by atoms with van der Waals surface area (Å²) in [6, 6.07) is 10.9. The third-order valence-electron chi connectivity index (χ3n) is 2.16. The van der Waals surface area contributed by atoms with Crippen molar-refractivity contribution in [2.45, 2.75) is 6.54 Å². The highest BCUT2D eigenvalue weighted by molar-refractivity contribution is 9.10. The number of anilines is 1. The van der Waals surface area contributed by atoms with Gasteiger partial charge >= 0.3 is 0 Å². The molecule has 1 heterocycles. The Morgan fingerprint density at radius 3 is 2.82 bits per heavy atom. The SMILES string of the molecule is N#Cc1ccc(CNc2ccc(Br)c(Cl)c2)o1. The van der Waals surface area contributed by atoms with E-state index in [-0.39, 0.29) is 0 Å². The third kappa shape index (κ3) is 3.02. The summed E-state index contributed by atoms with van der Waals surface area (Å²) in [5, 5.41) is 12.4. The number of nitriles is 1. The largest absolute Gasteiger partial charge is 0.449 e. The average Bonchev–Trinajstić information content (AvgIpc) is 2.79. The Morgan fingerprint density at radius 1 is 1.35 bits per heavy atom. The first-order chi connectivity index (χ1) is 8.19. The summed E-state index contributed by atoms with van der Waals surface area (Å²) in [5.74, 6) is 1.02. The predicted molar refractivity (Wildman–Crippen MR) is 69.9 cm³/mol. The van der Waals surface area contributed by atoms with Crippen molar-refractivity contribution >= 4 is 33.2 Å². The molecule has 17 heavy (non-hydrogen) atoms. The van der Waals surface area contributed by atoms with Gasteiger partial charge in [-0.15, -0.1) is 0 Å². The van der Waals surface area contributed by atoms with Gasteiger partial charge in [-0.1, -0.05) is 11.6 Å². The van der Waals surface area contributed by atoms with Crippen molar-refractivity contribution in [1.82, 2.24) is 0 Å². The molecule has 1 aromatic heterocycles. The number of hydrogen-bond donors (Lipinski definition) is 1. The number of hydrogen-bond acceptors (Lipinski definition) is 3. The van der Waals surface area contributed by atoms with Gasteiger partial charge in [-0.05, 0) is 46.3 Å². The Labute approximate surface area is 112 Å². The predicted octanol–water partition coefficient (Wildman–Crippen LogP) is 4.18. The van der Waals surface area contributed by atoms with Gasteiger partial charge in [-0.2, -0.15) is 5.26 Å². The van der Waals surface area contributed by atoms with E-state index in [0.717, 1.165) is 10.2 Å². The maximum Gasteiger partial charge on any atom is 0.203 e. The van der Waals surface area contributed by atoms with Crippen LogP contribution >= 0.6 is 27.5 Å². The normalized spacial score (nSPS) is 9.94. The summed E-state index contributed by atoms with van der Waals surface area (Å²) in [4.78, 5) is 0. The van der Waals surface area contributed by atoms with Crippen LogP contribution in [0, 0.1) is 11.3 Å². The van der Waals surface area contributed by atoms with Gasteiger partial charge in [0.25, 0.3) is 0 Å². The highest BCUT2D eigenvalue weighted by Crippen LogP contribution is 2.25. The van der Waals surface area contributed by atoms with Crippen molar-refractivity contribution in [2.24, 2.45) is 0 Å². The van der Waals surface area contributed by atoms with E-state index in [9.17, 15) is 0 Å². The van der Waals surface area contributed by atoms with Crippen molar-refractivity contribution < 1.29 is 4.42 Å². The third-order valence-corrected chi connectivity index (χ3v) is 3.39. The summed E-state index contributed by atoms with van der Waals surface area (Å²) in [7, 11) is 0. The van der Waals surface area contributed by atoms with Gasteiger partial charge in [0.1, 0.15) is 11.8 Å². The van der Waals surface area contributed by atoms with Gasteiger partial charge in [0, 0.05) is 10.2 Å². The second-order valence-electron chi connectivity index (χ2n) is 3.36. The molecule has 0 unspecified atom stereocenters. The number of furan rings is 1. The second kappa shape index (κ2) is 5.26. The van der Waals surface area contributed by atoms with Gasteiger partial charge in [0.15, 0.2) is 0 Å². The molecule has 1 aromatic carbocycles. The first-order valence-electron chi connectivity index (χ1n) is 4.87. The van der Waals surface area contributed by atoms with E-state index >= 15 is 0 Å². The molecule has 0 saturated carbocycles. The Kier molecular flexibility index (Phi) is 3.72. The average molecular weight is 312 g/mol. The van der Waals surface area contributed by atoms with Crippen molar-refractivity contribution in [3.8, 4) is 6.07 Å². The van der Waals surface area contributed by atoms with Crippen molar-refractivity contribution in [1.29, 1.82) is 5.26 Å². The van der Waals surface area contributed by atoms with Crippen LogP contribution in [-0.2, 0) is 6.54 Å². The van der Waals surface area contributed by atoms with E-state index in [2.05, 4.69) is 21.2 Å². The molecule has 0 amide bonds. The minimum absolute atomic E-state index is 0.315. The maximum atomic E-state index is 8.62. The molecular weight excluding hydrogens is 304 g/mol. The number of benzene rings is 1. The van der Waals surface area contributed by atoms with Crippen LogP contribution in [0.15, 0.2) is 39.2 Å². The summed E-state index contributed by atoms with van der Waals surface area (Å²) in [6.45, 7) is 0.514. The Bertz CT molecular complexity index is 574. The van der Waals surface area contributed by atoms with Crippen LogP contribution in [0.2, 0.25) is 5.02 Å². The molecule has 1 N–H and O–H groups in total. The fraction of sp³-hybridized carbons (Fsp3) is 0.0833. The molecule has 0 aliphatic carbocycles. The molecule has 0 radical (unpaired) electrons. The Balaban J connectivity index is 2.02. The Hall–Kier alpha value is -1.44. The van der Waals surface area contributed by atoms with E-state index < -0.39 is 0 Å². The molecule has 0 atom stereocenters. The molecule has 86 valence electrons. The number of nitrogens with one attached hydrogen (secondary N) is 1. The number of halogens is 2. The maximum absolute atomic E-state index is 8.62. The van der Waals surface area contributed by atoms with Gasteiger partial charge < -0.3 is 9.73 Å². The Morgan fingerprint density at radius 2 is 2.18 bits per heavy atom. The van der Waals surface area contributed by atoms with Crippen molar-refractivity contribution in [3.63, 3.8) is 0 Å². The van der Waals surface area contributed by atoms with Crippen LogP contribution in [0.25, 0.3) is 0 Å². The quantitative estimate of drug-likeness (QED) is 0.925. The molecule has 0 spiro atoms. The summed E-state index contributed by atoms with van der Waals surface area (Å²) in [6.07, 6.45) is 0. The first-order valence-corrected chi connectivity index (χ1v) is 6.04. The summed E-state index contributed by atoms with van der Waals surface area (Å²) >= 11 is 9.29. The van der Waals surface area contributed by atoms with E-state index in [1.807, 2.05) is 24.3 Å². The minimum atomic E-state index is 0.315. The van der Waals surface area contributed by atoms with Crippen LogP contribution in [0.3, 0.4) is 0 Å². The van der Waals surface area contributed by atoms with Crippen LogP contribution in [0.1, 0.15) is 11.5 Å². The summed E-state index contributed by atoms with van der Waals surface area (Å²) in [5.41, 5.74) is 0.896. The molecule has 0 aliphatic rings. The highest BCUT2D eigenvalue weighted by Gasteiger charge is 2.02. The van der Waals surface area contributed by atoms with E-state index in [1.54, 1.807) is 12.1 Å². The van der Waals surface area contributed by atoms with Gasteiger partial charge in [0.05, 0.1) is 11.6 Å². The molecule has 2 aromatic rings. The second-order valence-corrected chi connectivity index (χ2v) is 4.62. The van der Waals surface area contributed by atoms with Crippen molar-refractivity contribution in [2.75, 3.05) is 5.32 Å². The van der Waals surface area contributed by atoms with E-state index in [1.165, 1.54) is 0 Å². The zero-order valence-electron chi connectivity index (χ0n) is 8.71. The summed E-state index contributed by atoms with van der Waals surface area (Å²) < 4.78 is 6.10. The van der Waals surface area contributed by atoms with Gasteiger partial charge in [-0.3, -0.25) is 0 Å². The van der Waals surface area contributed by atoms with E-state index in [4.69, 9.17) is 21.3 Å². The topological polar surface area (TPSA) is 49.0 Å². The standard InChI is InChI=1S/C12H8BrClN2O/c13-11-4-1-8(5-12(11)14)16-7-10-3-2-9(6-15)17-10/h1-5,16H,7H2. The number of rotatable bonds is 3. The first kappa shape index (κ1) is 12.0.